The van der Waals surface area contributed by atoms with Crippen LogP contribution in [0.25, 0.3) is 11.6 Å². The van der Waals surface area contributed by atoms with Crippen molar-refractivity contribution in [3.63, 3.8) is 0 Å². The van der Waals surface area contributed by atoms with Gasteiger partial charge in [0, 0.05) is 12.9 Å². The minimum absolute atomic E-state index is 0. The van der Waals surface area contributed by atoms with Gasteiger partial charge in [-0.25, -0.2) is 4.98 Å². The van der Waals surface area contributed by atoms with E-state index in [0.29, 0.717) is 11.6 Å². The van der Waals surface area contributed by atoms with Gasteiger partial charge in [-0.1, -0.05) is 39.8 Å². The number of nitrogens with zero attached hydrogens (tertiary/aromatic N) is 3. The summed E-state index contributed by atoms with van der Waals surface area (Å²) in [6.45, 7) is 12.1. The first-order valence-corrected chi connectivity index (χ1v) is 5.83. The molecule has 0 saturated heterocycles. The average molecular weight is 238 g/mol. The molecule has 0 aliphatic heterocycles. The van der Waals surface area contributed by atoms with Crippen LogP contribution in [0.5, 0.6) is 0 Å². The van der Waals surface area contributed by atoms with E-state index in [1.165, 1.54) is 0 Å². The van der Waals surface area contributed by atoms with E-state index in [-0.39, 0.29) is 6.84 Å². The predicted molar refractivity (Wildman–Crippen MR) is 68.8 cm³/mol. The SMILES string of the molecule is CC.Cc1nc(-c2cc(C(C)(C)C)no2)n[nH]1.[HH]. The molecule has 0 atom stereocenters. The normalized spacial score (nSPS) is 10.9. The smallest absolute Gasteiger partial charge is 0.219 e. The third-order valence-corrected chi connectivity index (χ3v) is 2.10. The number of aromatic nitrogens is 4. The number of hydrogen-bond donors (Lipinski definition) is 1. The maximum atomic E-state index is 5.20. The number of aromatic amines is 1. The molecular formula is C12H22N4O. The number of hydrogen-bond acceptors (Lipinski definition) is 4. The zero-order valence-corrected chi connectivity index (χ0v) is 11.3. The van der Waals surface area contributed by atoms with E-state index >= 15 is 0 Å². The minimum atomic E-state index is -0.0207. The molecule has 2 aromatic rings. The van der Waals surface area contributed by atoms with Crippen LogP contribution in [0.2, 0.25) is 0 Å². The molecule has 0 radical (unpaired) electrons. The average Bonchev–Trinajstić information content (AvgIpc) is 2.87. The first kappa shape index (κ1) is 13.4. The molecular weight excluding hydrogens is 216 g/mol. The molecule has 2 heterocycles. The van der Waals surface area contributed by atoms with Gasteiger partial charge >= 0.3 is 0 Å². The number of rotatable bonds is 1. The van der Waals surface area contributed by atoms with Gasteiger partial charge in [0.05, 0.1) is 5.69 Å². The van der Waals surface area contributed by atoms with Gasteiger partial charge in [0.15, 0.2) is 0 Å². The van der Waals surface area contributed by atoms with Crippen molar-refractivity contribution >= 4 is 0 Å². The summed E-state index contributed by atoms with van der Waals surface area (Å²) in [5, 5.41) is 10.8. The summed E-state index contributed by atoms with van der Waals surface area (Å²) in [5.41, 5.74) is 0.882. The van der Waals surface area contributed by atoms with Crippen LogP contribution in [0.4, 0.5) is 0 Å². The lowest BCUT2D eigenvalue weighted by Gasteiger charge is -2.12. The molecule has 0 saturated carbocycles. The maximum absolute atomic E-state index is 5.20. The van der Waals surface area contributed by atoms with Gasteiger partial charge in [-0.2, -0.15) is 0 Å². The van der Waals surface area contributed by atoms with E-state index in [1.54, 1.807) is 0 Å². The lowest BCUT2D eigenvalue weighted by atomic mass is 9.92. The van der Waals surface area contributed by atoms with Crippen molar-refractivity contribution in [3.8, 4) is 11.6 Å². The van der Waals surface area contributed by atoms with Crippen LogP contribution in [0.1, 0.15) is 47.6 Å². The maximum Gasteiger partial charge on any atom is 0.219 e. The zero-order chi connectivity index (χ0) is 13.1. The van der Waals surface area contributed by atoms with Gasteiger partial charge in [0.25, 0.3) is 0 Å². The van der Waals surface area contributed by atoms with E-state index in [9.17, 15) is 0 Å². The number of nitrogens with one attached hydrogen (secondary N) is 1. The molecule has 17 heavy (non-hydrogen) atoms. The van der Waals surface area contributed by atoms with Crippen molar-refractivity contribution in [1.29, 1.82) is 0 Å². The molecule has 5 heteroatoms. The van der Waals surface area contributed by atoms with Crippen LogP contribution in [0.3, 0.4) is 0 Å². The topological polar surface area (TPSA) is 67.6 Å². The Bertz CT molecular complexity index is 470. The van der Waals surface area contributed by atoms with Crippen LogP contribution < -0.4 is 0 Å². The highest BCUT2D eigenvalue weighted by Gasteiger charge is 2.20. The first-order valence-electron chi connectivity index (χ1n) is 5.83. The predicted octanol–water partition coefficient (Wildman–Crippen LogP) is 3.34. The van der Waals surface area contributed by atoms with Gasteiger partial charge in [0.1, 0.15) is 5.82 Å². The molecule has 0 aliphatic carbocycles. The number of H-pyrrole nitrogens is 1. The van der Waals surface area contributed by atoms with Crippen LogP contribution in [-0.2, 0) is 5.41 Å². The summed E-state index contributed by atoms with van der Waals surface area (Å²) in [7, 11) is 0. The van der Waals surface area contributed by atoms with Gasteiger partial charge in [-0.3, -0.25) is 5.10 Å². The molecule has 0 unspecified atom stereocenters. The van der Waals surface area contributed by atoms with Crippen molar-refractivity contribution in [1.82, 2.24) is 20.3 Å². The second-order valence-corrected chi connectivity index (χ2v) is 4.57. The molecule has 2 rings (SSSR count). The molecule has 1 N–H and O–H groups in total. The quantitative estimate of drug-likeness (QED) is 0.827. The van der Waals surface area contributed by atoms with Gasteiger partial charge in [0.2, 0.25) is 11.6 Å². The standard InChI is InChI=1S/C10H14N4O.C2H6.H2/c1-6-11-9(13-12-6)7-5-8(14-15-7)10(2,3)4;1-2;/h5H,1-4H3,(H,11,12,13);1-2H3;1H. The van der Waals surface area contributed by atoms with Crippen molar-refractivity contribution in [2.75, 3.05) is 0 Å². The van der Waals surface area contributed by atoms with E-state index < -0.39 is 0 Å². The van der Waals surface area contributed by atoms with Crippen LogP contribution in [-0.4, -0.2) is 20.3 Å². The highest BCUT2D eigenvalue weighted by atomic mass is 16.5. The Kier molecular flexibility index (Phi) is 4.04. The second kappa shape index (κ2) is 5.12. The fourth-order valence-electron chi connectivity index (χ4n) is 1.19. The Morgan fingerprint density at radius 3 is 2.35 bits per heavy atom. The van der Waals surface area contributed by atoms with Crippen molar-refractivity contribution in [2.24, 2.45) is 0 Å². The number of aryl methyl sites for hydroxylation is 1. The van der Waals surface area contributed by atoms with Crippen molar-refractivity contribution in [2.45, 2.75) is 47.0 Å². The zero-order valence-electron chi connectivity index (χ0n) is 11.3. The first-order chi connectivity index (χ1) is 7.97. The Morgan fingerprint density at radius 2 is 1.94 bits per heavy atom. The lowest BCUT2D eigenvalue weighted by Crippen LogP contribution is -2.10. The minimum Gasteiger partial charge on any atom is -0.353 e. The Morgan fingerprint density at radius 1 is 1.29 bits per heavy atom. The van der Waals surface area contributed by atoms with Crippen molar-refractivity contribution < 1.29 is 5.95 Å². The third kappa shape index (κ3) is 3.15. The molecule has 96 valence electrons. The largest absolute Gasteiger partial charge is 0.353 e. The fraction of sp³-hybridized carbons (Fsp3) is 0.583. The third-order valence-electron chi connectivity index (χ3n) is 2.10. The molecule has 5 nitrogen and oxygen atoms in total. The summed E-state index contributed by atoms with van der Waals surface area (Å²) in [4.78, 5) is 4.18. The highest BCUT2D eigenvalue weighted by Crippen LogP contribution is 2.25. The second-order valence-electron chi connectivity index (χ2n) is 4.57. The Hall–Kier alpha value is -1.65. The summed E-state index contributed by atoms with van der Waals surface area (Å²) in [6, 6.07) is 1.88. The molecule has 0 spiro atoms. The van der Waals surface area contributed by atoms with E-state index in [2.05, 4.69) is 41.1 Å². The van der Waals surface area contributed by atoms with Gasteiger partial charge < -0.3 is 4.52 Å². The molecule has 0 fully saturated rings. The highest BCUT2D eigenvalue weighted by molar-refractivity contribution is 5.46. The Balaban J connectivity index is 0.000000917. The van der Waals surface area contributed by atoms with Gasteiger partial charge in [-0.05, 0) is 6.92 Å². The van der Waals surface area contributed by atoms with Crippen LogP contribution in [0.15, 0.2) is 10.6 Å². The van der Waals surface area contributed by atoms with Gasteiger partial charge in [-0.15, -0.1) is 5.10 Å². The Labute approximate surface area is 103 Å². The fourth-order valence-corrected chi connectivity index (χ4v) is 1.19. The van der Waals surface area contributed by atoms with E-state index in [0.717, 1.165) is 11.5 Å². The van der Waals surface area contributed by atoms with E-state index in [1.807, 2.05) is 26.8 Å². The summed E-state index contributed by atoms with van der Waals surface area (Å²) in [6.07, 6.45) is 0. The van der Waals surface area contributed by atoms with E-state index in [4.69, 9.17) is 4.52 Å². The van der Waals surface area contributed by atoms with Crippen LogP contribution >= 0.6 is 0 Å². The molecule has 0 amide bonds. The monoisotopic (exact) mass is 238 g/mol. The molecule has 2 aromatic heterocycles. The summed E-state index contributed by atoms with van der Waals surface area (Å²) in [5.74, 6) is 1.92. The molecule has 0 aliphatic rings. The van der Waals surface area contributed by atoms with Crippen LogP contribution in [0, 0.1) is 6.92 Å². The van der Waals surface area contributed by atoms with Crippen molar-refractivity contribution in [3.05, 3.63) is 17.6 Å². The molecule has 0 bridgehead atoms. The summed E-state index contributed by atoms with van der Waals surface area (Å²) < 4.78 is 5.20. The lowest BCUT2D eigenvalue weighted by molar-refractivity contribution is 0.400. The summed E-state index contributed by atoms with van der Waals surface area (Å²) >= 11 is 0. The molecule has 0 aromatic carbocycles.